The average Bonchev–Trinajstić information content (AvgIpc) is 3.19. The number of nitrogens with one attached hydrogen (secondary N) is 1. The Bertz CT molecular complexity index is 1080. The summed E-state index contributed by atoms with van der Waals surface area (Å²) in [7, 11) is 3.14. The second-order valence-electron chi connectivity index (χ2n) is 6.15. The number of carbonyl (C=O) groups is 1. The molecular weight excluding hydrogens is 410 g/mol. The number of nitrogens with zero attached hydrogens (tertiary/aromatic N) is 2. The fourth-order valence-corrected chi connectivity index (χ4v) is 3.42. The summed E-state index contributed by atoms with van der Waals surface area (Å²) in [5.41, 5.74) is 1.83. The Morgan fingerprint density at radius 1 is 1.17 bits per heavy atom. The van der Waals surface area contributed by atoms with Crippen molar-refractivity contribution in [3.05, 3.63) is 57.5 Å². The monoisotopic (exact) mass is 429 g/mol. The van der Waals surface area contributed by atoms with E-state index >= 15 is 0 Å². The van der Waals surface area contributed by atoms with Crippen LogP contribution in [-0.4, -0.2) is 36.6 Å². The minimum absolute atomic E-state index is 0.00455. The largest absolute Gasteiger partial charge is 0.497 e. The standard InChI is InChI=1S/C20H19N3O6S/c1-12-8-14(4-6-17(12)23(25)26)29-10-19(24)22-20-21-16(11-30-20)15-9-13(27-2)5-7-18(15)28-3/h4-9,11H,10H2,1-3H3,(H,21,22,24). The minimum atomic E-state index is -0.469. The van der Waals surface area contributed by atoms with E-state index in [2.05, 4.69) is 10.3 Å². The van der Waals surface area contributed by atoms with Crippen molar-refractivity contribution in [2.75, 3.05) is 26.1 Å². The van der Waals surface area contributed by atoms with Crippen molar-refractivity contribution in [2.45, 2.75) is 6.92 Å². The van der Waals surface area contributed by atoms with Gasteiger partial charge in [0, 0.05) is 22.6 Å². The van der Waals surface area contributed by atoms with Gasteiger partial charge in [-0.05, 0) is 37.3 Å². The number of ether oxygens (including phenoxy) is 3. The zero-order valence-corrected chi connectivity index (χ0v) is 17.3. The van der Waals surface area contributed by atoms with Crippen molar-refractivity contribution in [1.82, 2.24) is 4.98 Å². The summed E-state index contributed by atoms with van der Waals surface area (Å²) in [6.45, 7) is 1.35. The van der Waals surface area contributed by atoms with E-state index in [1.54, 1.807) is 44.7 Å². The van der Waals surface area contributed by atoms with E-state index in [-0.39, 0.29) is 12.3 Å². The first-order valence-corrected chi connectivity index (χ1v) is 9.65. The Hall–Kier alpha value is -3.66. The maximum absolute atomic E-state index is 12.2. The van der Waals surface area contributed by atoms with Crippen LogP contribution >= 0.6 is 11.3 Å². The van der Waals surface area contributed by atoms with Crippen LogP contribution in [0, 0.1) is 17.0 Å². The number of nitro benzene ring substituents is 1. The number of hydrogen-bond donors (Lipinski definition) is 1. The molecule has 0 aliphatic heterocycles. The first-order valence-electron chi connectivity index (χ1n) is 8.77. The van der Waals surface area contributed by atoms with Gasteiger partial charge in [0.25, 0.3) is 11.6 Å². The average molecular weight is 429 g/mol. The molecule has 2 aromatic carbocycles. The van der Waals surface area contributed by atoms with Crippen molar-refractivity contribution in [3.8, 4) is 28.5 Å². The van der Waals surface area contributed by atoms with Crippen LogP contribution in [0.3, 0.4) is 0 Å². The zero-order valence-electron chi connectivity index (χ0n) is 16.5. The van der Waals surface area contributed by atoms with Crippen molar-refractivity contribution < 1.29 is 23.9 Å². The van der Waals surface area contributed by atoms with E-state index in [1.165, 1.54) is 29.5 Å². The highest BCUT2D eigenvalue weighted by Crippen LogP contribution is 2.35. The molecular formula is C20H19N3O6S. The van der Waals surface area contributed by atoms with Gasteiger partial charge in [-0.25, -0.2) is 4.98 Å². The number of nitro groups is 1. The van der Waals surface area contributed by atoms with Gasteiger partial charge in [0.2, 0.25) is 0 Å². The molecule has 10 heteroatoms. The van der Waals surface area contributed by atoms with Crippen LogP contribution in [0.4, 0.5) is 10.8 Å². The van der Waals surface area contributed by atoms with Crippen LogP contribution in [0.5, 0.6) is 17.2 Å². The number of aromatic nitrogens is 1. The van der Waals surface area contributed by atoms with Crippen molar-refractivity contribution in [2.24, 2.45) is 0 Å². The molecule has 0 atom stereocenters. The topological polar surface area (TPSA) is 113 Å². The molecule has 3 rings (SSSR count). The number of thiazole rings is 1. The number of anilines is 1. The highest BCUT2D eigenvalue weighted by molar-refractivity contribution is 7.14. The number of rotatable bonds is 8. The summed E-state index contributed by atoms with van der Waals surface area (Å²) < 4.78 is 16.0. The number of benzene rings is 2. The minimum Gasteiger partial charge on any atom is -0.497 e. The summed E-state index contributed by atoms with van der Waals surface area (Å²) in [5.74, 6) is 1.27. The third-order valence-corrected chi connectivity index (χ3v) is 4.93. The lowest BCUT2D eigenvalue weighted by atomic mass is 10.1. The lowest BCUT2D eigenvalue weighted by Crippen LogP contribution is -2.20. The van der Waals surface area contributed by atoms with Crippen LogP contribution in [-0.2, 0) is 4.79 Å². The van der Waals surface area contributed by atoms with Crippen LogP contribution < -0.4 is 19.5 Å². The predicted molar refractivity (Wildman–Crippen MR) is 113 cm³/mol. The number of carbonyl (C=O) groups excluding carboxylic acids is 1. The molecule has 0 saturated carbocycles. The molecule has 1 aromatic heterocycles. The Morgan fingerprint density at radius 2 is 1.93 bits per heavy atom. The molecule has 3 aromatic rings. The number of methoxy groups -OCH3 is 2. The first kappa shape index (κ1) is 21.1. The quantitative estimate of drug-likeness (QED) is 0.424. The molecule has 1 amide bonds. The van der Waals surface area contributed by atoms with Crippen molar-refractivity contribution >= 4 is 28.1 Å². The Balaban J connectivity index is 1.64. The van der Waals surface area contributed by atoms with Crippen LogP contribution in [0.25, 0.3) is 11.3 Å². The Kier molecular flexibility index (Phi) is 6.48. The third kappa shape index (κ3) is 4.84. The van der Waals surface area contributed by atoms with Gasteiger partial charge in [-0.15, -0.1) is 11.3 Å². The number of amides is 1. The summed E-state index contributed by atoms with van der Waals surface area (Å²) >= 11 is 1.26. The van der Waals surface area contributed by atoms with Gasteiger partial charge in [0.15, 0.2) is 11.7 Å². The summed E-state index contributed by atoms with van der Waals surface area (Å²) in [6.07, 6.45) is 0. The molecule has 0 aliphatic carbocycles. The summed E-state index contributed by atoms with van der Waals surface area (Å²) in [5, 5.41) is 15.7. The molecule has 0 radical (unpaired) electrons. The molecule has 0 spiro atoms. The number of hydrogen-bond acceptors (Lipinski definition) is 8. The molecule has 156 valence electrons. The van der Waals surface area contributed by atoms with Crippen LogP contribution in [0.1, 0.15) is 5.56 Å². The molecule has 30 heavy (non-hydrogen) atoms. The van der Waals surface area contributed by atoms with Crippen molar-refractivity contribution in [1.29, 1.82) is 0 Å². The maximum Gasteiger partial charge on any atom is 0.272 e. The lowest BCUT2D eigenvalue weighted by molar-refractivity contribution is -0.385. The van der Waals surface area contributed by atoms with Gasteiger partial charge in [-0.2, -0.15) is 0 Å². The fourth-order valence-electron chi connectivity index (χ4n) is 2.70. The van der Waals surface area contributed by atoms with Gasteiger partial charge in [0.05, 0.1) is 24.8 Å². The van der Waals surface area contributed by atoms with E-state index in [9.17, 15) is 14.9 Å². The Labute approximate surface area is 176 Å². The molecule has 0 aliphatic rings. The summed E-state index contributed by atoms with van der Waals surface area (Å²) in [4.78, 5) is 27.0. The SMILES string of the molecule is COc1ccc(OC)c(-c2csc(NC(=O)COc3ccc([N+](=O)[O-])c(C)c3)n2)c1. The molecule has 0 saturated heterocycles. The van der Waals surface area contributed by atoms with Gasteiger partial charge in [-0.1, -0.05) is 0 Å². The molecule has 1 heterocycles. The van der Waals surface area contributed by atoms with E-state index in [0.29, 0.717) is 33.6 Å². The second kappa shape index (κ2) is 9.23. The third-order valence-electron chi connectivity index (χ3n) is 4.17. The summed E-state index contributed by atoms with van der Waals surface area (Å²) in [6, 6.07) is 9.69. The van der Waals surface area contributed by atoms with E-state index in [1.807, 2.05) is 0 Å². The molecule has 0 fully saturated rings. The first-order chi connectivity index (χ1) is 14.4. The normalized spacial score (nSPS) is 10.4. The van der Waals surface area contributed by atoms with E-state index in [0.717, 1.165) is 5.56 Å². The van der Waals surface area contributed by atoms with Gasteiger partial charge in [0.1, 0.15) is 17.2 Å². The maximum atomic E-state index is 12.2. The predicted octanol–water partition coefficient (Wildman–Crippen LogP) is 4.06. The molecule has 9 nitrogen and oxygen atoms in total. The van der Waals surface area contributed by atoms with Gasteiger partial charge in [-0.3, -0.25) is 20.2 Å². The van der Waals surface area contributed by atoms with Gasteiger partial charge >= 0.3 is 0 Å². The fraction of sp³-hybridized carbons (Fsp3) is 0.200. The molecule has 0 bridgehead atoms. The van der Waals surface area contributed by atoms with Crippen LogP contribution in [0.15, 0.2) is 41.8 Å². The highest BCUT2D eigenvalue weighted by Gasteiger charge is 2.14. The van der Waals surface area contributed by atoms with Crippen molar-refractivity contribution in [3.63, 3.8) is 0 Å². The van der Waals surface area contributed by atoms with Gasteiger partial charge < -0.3 is 14.2 Å². The molecule has 0 unspecified atom stereocenters. The second-order valence-corrected chi connectivity index (χ2v) is 7.00. The van der Waals surface area contributed by atoms with Crippen LogP contribution in [0.2, 0.25) is 0 Å². The lowest BCUT2D eigenvalue weighted by Gasteiger charge is -2.08. The number of aryl methyl sites for hydroxylation is 1. The van der Waals surface area contributed by atoms with E-state index in [4.69, 9.17) is 14.2 Å². The molecule has 1 N–H and O–H groups in total. The van der Waals surface area contributed by atoms with E-state index < -0.39 is 10.8 Å². The zero-order chi connectivity index (χ0) is 21.7. The Morgan fingerprint density at radius 3 is 2.60 bits per heavy atom. The highest BCUT2D eigenvalue weighted by atomic mass is 32.1. The smallest absolute Gasteiger partial charge is 0.272 e.